The van der Waals surface area contributed by atoms with Gasteiger partial charge in [0.05, 0.1) is 40.8 Å². The van der Waals surface area contributed by atoms with E-state index in [1.54, 1.807) is 44.7 Å². The van der Waals surface area contributed by atoms with Crippen molar-refractivity contribution in [3.63, 3.8) is 0 Å². The van der Waals surface area contributed by atoms with Crippen molar-refractivity contribution in [2.75, 3.05) is 54.7 Å². The smallest absolute Gasteiger partial charge is 0.242 e. The van der Waals surface area contributed by atoms with E-state index in [2.05, 4.69) is 13.0 Å². The highest BCUT2D eigenvalue weighted by Crippen LogP contribution is 2.28. The molecule has 216 valence electrons. The number of rotatable bonds is 16. The van der Waals surface area contributed by atoms with E-state index in [0.29, 0.717) is 50.6 Å². The number of carbonyl (C=O) groups excluding carboxylic acids is 2. The molecule has 3 aromatic rings. The summed E-state index contributed by atoms with van der Waals surface area (Å²) in [6.07, 6.45) is 1.49. The number of thiophene rings is 1. The Morgan fingerprint density at radius 2 is 1.52 bits per heavy atom. The molecular formula is C31H40N2O6S. The zero-order valence-electron chi connectivity index (χ0n) is 24.1. The van der Waals surface area contributed by atoms with Gasteiger partial charge in [0, 0.05) is 31.7 Å². The fourth-order valence-electron chi connectivity index (χ4n) is 4.32. The molecule has 0 unspecified atom stereocenters. The molecule has 2 amide bonds. The molecule has 0 radical (unpaired) electrons. The summed E-state index contributed by atoms with van der Waals surface area (Å²) >= 11 is 1.64. The van der Waals surface area contributed by atoms with E-state index >= 15 is 0 Å². The average molecular weight is 569 g/mol. The highest BCUT2D eigenvalue weighted by Gasteiger charge is 2.23. The first-order chi connectivity index (χ1) is 19.4. The van der Waals surface area contributed by atoms with Crippen LogP contribution in [0.15, 0.2) is 53.9 Å². The van der Waals surface area contributed by atoms with Crippen LogP contribution in [0.25, 0.3) is 0 Å². The van der Waals surface area contributed by atoms with Crippen molar-refractivity contribution in [1.82, 2.24) is 9.80 Å². The van der Waals surface area contributed by atoms with Crippen LogP contribution < -0.4 is 14.2 Å². The van der Waals surface area contributed by atoms with Gasteiger partial charge in [0.1, 0.15) is 5.75 Å². The molecule has 8 nitrogen and oxygen atoms in total. The average Bonchev–Trinajstić information content (AvgIpc) is 3.38. The number of benzene rings is 2. The molecule has 0 atom stereocenters. The van der Waals surface area contributed by atoms with Crippen molar-refractivity contribution in [3.05, 3.63) is 75.5 Å². The van der Waals surface area contributed by atoms with Gasteiger partial charge in [0.25, 0.3) is 0 Å². The van der Waals surface area contributed by atoms with Gasteiger partial charge in [-0.15, -0.1) is 11.3 Å². The fourth-order valence-corrected chi connectivity index (χ4v) is 5.24. The summed E-state index contributed by atoms with van der Waals surface area (Å²) in [4.78, 5) is 31.7. The maximum atomic E-state index is 13.8. The Kier molecular flexibility index (Phi) is 12.3. The lowest BCUT2D eigenvalue weighted by Crippen LogP contribution is -2.44. The van der Waals surface area contributed by atoms with Gasteiger partial charge in [-0.1, -0.05) is 18.2 Å². The third kappa shape index (κ3) is 8.99. The third-order valence-electron chi connectivity index (χ3n) is 6.74. The van der Waals surface area contributed by atoms with Crippen molar-refractivity contribution in [2.24, 2.45) is 0 Å². The highest BCUT2D eigenvalue weighted by atomic mass is 32.1. The molecule has 0 spiro atoms. The van der Waals surface area contributed by atoms with Gasteiger partial charge in [0.15, 0.2) is 11.5 Å². The Balaban J connectivity index is 1.76. The molecule has 0 saturated carbocycles. The van der Waals surface area contributed by atoms with Crippen LogP contribution in [0, 0.1) is 6.92 Å². The number of aryl methyl sites for hydroxylation is 1. The summed E-state index contributed by atoms with van der Waals surface area (Å²) in [5.74, 6) is 1.86. The number of hydrogen-bond donors (Lipinski definition) is 0. The van der Waals surface area contributed by atoms with Gasteiger partial charge in [-0.25, -0.2) is 0 Å². The highest BCUT2D eigenvalue weighted by molar-refractivity contribution is 7.10. The molecule has 0 aliphatic heterocycles. The Morgan fingerprint density at radius 3 is 2.15 bits per heavy atom. The van der Waals surface area contributed by atoms with Gasteiger partial charge in [0.2, 0.25) is 11.8 Å². The van der Waals surface area contributed by atoms with E-state index in [0.717, 1.165) is 27.3 Å². The Hall–Kier alpha value is -3.56. The van der Waals surface area contributed by atoms with Gasteiger partial charge in [-0.05, 0) is 72.2 Å². The van der Waals surface area contributed by atoms with Crippen molar-refractivity contribution in [3.8, 4) is 17.2 Å². The molecule has 0 bridgehead atoms. The zero-order valence-corrected chi connectivity index (χ0v) is 24.9. The first-order valence-electron chi connectivity index (χ1n) is 13.3. The van der Waals surface area contributed by atoms with Crippen LogP contribution in [-0.2, 0) is 33.7 Å². The summed E-state index contributed by atoms with van der Waals surface area (Å²) in [5.41, 5.74) is 3.06. The molecule has 0 aliphatic rings. The van der Waals surface area contributed by atoms with Gasteiger partial charge >= 0.3 is 0 Å². The quantitative estimate of drug-likeness (QED) is 0.232. The van der Waals surface area contributed by atoms with E-state index in [4.69, 9.17) is 18.9 Å². The van der Waals surface area contributed by atoms with E-state index in [-0.39, 0.29) is 24.8 Å². The summed E-state index contributed by atoms with van der Waals surface area (Å²) < 4.78 is 21.2. The molecule has 3 rings (SSSR count). The first-order valence-corrected chi connectivity index (χ1v) is 14.2. The summed E-state index contributed by atoms with van der Waals surface area (Å²) in [6, 6.07) is 15.3. The molecule has 2 aromatic carbocycles. The topological polar surface area (TPSA) is 77.5 Å². The summed E-state index contributed by atoms with van der Waals surface area (Å²) in [6.45, 7) is 4.01. The number of nitrogens with zero attached hydrogens (tertiary/aromatic N) is 2. The Bertz CT molecular complexity index is 1230. The van der Waals surface area contributed by atoms with Crippen LogP contribution in [0.5, 0.6) is 17.2 Å². The molecule has 40 heavy (non-hydrogen) atoms. The van der Waals surface area contributed by atoms with Crippen molar-refractivity contribution < 1.29 is 28.5 Å². The van der Waals surface area contributed by atoms with Crippen molar-refractivity contribution in [2.45, 2.75) is 32.7 Å². The van der Waals surface area contributed by atoms with Crippen LogP contribution >= 0.6 is 11.3 Å². The van der Waals surface area contributed by atoms with Crippen LogP contribution in [0.3, 0.4) is 0 Å². The lowest BCUT2D eigenvalue weighted by Gasteiger charge is -2.28. The monoisotopic (exact) mass is 568 g/mol. The fraction of sp³-hybridized carbons (Fsp3) is 0.419. The lowest BCUT2D eigenvalue weighted by molar-refractivity contribution is -0.140. The second-order valence-corrected chi connectivity index (χ2v) is 10.5. The second kappa shape index (κ2) is 15.9. The normalized spacial score (nSPS) is 10.7. The number of methoxy groups -OCH3 is 4. The third-order valence-corrected chi connectivity index (χ3v) is 7.75. The van der Waals surface area contributed by atoms with Crippen molar-refractivity contribution in [1.29, 1.82) is 0 Å². The lowest BCUT2D eigenvalue weighted by atomic mass is 10.1. The van der Waals surface area contributed by atoms with Gasteiger partial charge in [-0.3, -0.25) is 9.59 Å². The van der Waals surface area contributed by atoms with Crippen LogP contribution in [0.1, 0.15) is 28.0 Å². The van der Waals surface area contributed by atoms with Gasteiger partial charge < -0.3 is 28.7 Å². The largest absolute Gasteiger partial charge is 0.497 e. The number of amides is 2. The Labute approximate surface area is 241 Å². The van der Waals surface area contributed by atoms with Crippen LogP contribution in [-0.4, -0.2) is 76.3 Å². The van der Waals surface area contributed by atoms with E-state index in [9.17, 15) is 9.59 Å². The molecule has 0 fully saturated rings. The maximum Gasteiger partial charge on any atom is 0.242 e. The predicted octanol–water partition coefficient (Wildman–Crippen LogP) is 4.76. The van der Waals surface area contributed by atoms with Gasteiger partial charge in [-0.2, -0.15) is 0 Å². The predicted molar refractivity (Wildman–Crippen MR) is 157 cm³/mol. The van der Waals surface area contributed by atoms with Crippen LogP contribution in [0.2, 0.25) is 0 Å². The Morgan fingerprint density at radius 1 is 0.800 bits per heavy atom. The molecule has 0 N–H and O–H groups in total. The molecule has 1 aromatic heterocycles. The van der Waals surface area contributed by atoms with E-state index in [1.807, 2.05) is 52.7 Å². The molecular weight excluding hydrogens is 528 g/mol. The van der Waals surface area contributed by atoms with E-state index < -0.39 is 0 Å². The SMILES string of the molecule is COCCCN(CC(=O)N(CCc1ccc(OC)c(OC)c1)Cc1sccc1C)C(=O)Cc1ccc(OC)cc1. The molecule has 0 aliphatic carbocycles. The molecule has 9 heteroatoms. The number of carbonyl (C=O) groups is 2. The minimum absolute atomic E-state index is 0.00899. The minimum Gasteiger partial charge on any atom is -0.497 e. The summed E-state index contributed by atoms with van der Waals surface area (Å²) in [7, 11) is 6.46. The van der Waals surface area contributed by atoms with Crippen LogP contribution in [0.4, 0.5) is 0 Å². The maximum absolute atomic E-state index is 13.8. The standard InChI is InChI=1S/C31H40N2O6S/c1-23-14-18-40-29(23)21-33(16-13-25-9-12-27(38-4)28(19-25)39-5)31(35)22-32(15-6-17-36-2)30(34)20-24-7-10-26(37-3)11-8-24/h7-12,14,18-19H,6,13,15-17,20-22H2,1-5H3. The van der Waals surface area contributed by atoms with Crippen molar-refractivity contribution >= 4 is 23.2 Å². The first kappa shape index (κ1) is 31.0. The molecule has 0 saturated heterocycles. The zero-order chi connectivity index (χ0) is 28.9. The minimum atomic E-state index is -0.0956. The second-order valence-electron chi connectivity index (χ2n) is 9.47. The number of hydrogen-bond acceptors (Lipinski definition) is 7. The molecule has 1 heterocycles. The number of ether oxygens (including phenoxy) is 4. The van der Waals surface area contributed by atoms with E-state index in [1.165, 1.54) is 0 Å². The summed E-state index contributed by atoms with van der Waals surface area (Å²) in [5, 5.41) is 2.04.